The van der Waals surface area contributed by atoms with Gasteiger partial charge < -0.3 is 14.2 Å². The molecule has 714 valence electrons. The smallest absolute Gasteiger partial charge is 1.00 e. The fourth-order valence-electron chi connectivity index (χ4n) is 14.7. The number of hydrogen-bond acceptors (Lipinski definition) is 18. The minimum absolute atomic E-state index is 0. The molecular formula is C105H157Br2ClCsFN16O4Si. The molecule has 1 saturated heterocycles. The molecule has 0 saturated carbocycles. The second-order valence-corrected chi connectivity index (χ2v) is 38.5. The first-order chi connectivity index (χ1) is 59.9. The third kappa shape index (κ3) is 35.1. The first-order valence-electron chi connectivity index (χ1n) is 44.7. The van der Waals surface area contributed by atoms with E-state index in [1.54, 1.807) is 119 Å². The van der Waals surface area contributed by atoms with Crippen molar-refractivity contribution in [3.8, 4) is 34.9 Å². The van der Waals surface area contributed by atoms with Crippen LogP contribution in [0.4, 0.5) is 9.59 Å². The summed E-state index contributed by atoms with van der Waals surface area (Å²) in [5.41, 5.74) is 10.6. The first-order valence-corrected chi connectivity index (χ1v) is 49.8. The Morgan fingerprint density at radius 2 is 0.687 bits per heavy atom. The molecule has 6 unspecified atom stereocenters. The average molecular weight is 2080 g/mol. The number of nitrogens with zero attached hydrogens (tertiary/aromatic N) is 15. The largest absolute Gasteiger partial charge is 1.00 e. The predicted molar refractivity (Wildman–Crippen MR) is 556 cm³/mol. The summed E-state index contributed by atoms with van der Waals surface area (Å²) in [6.45, 7) is 69.8. The van der Waals surface area contributed by atoms with Crippen LogP contribution in [0.25, 0.3) is 34.9 Å². The SMILES string of the molecule is Brc1ccnc(-c2ncccn2)n1.Brc1cnc(-c2ncccn2)nc1.C.C.CC.CC.CC.CC.CC.CC.CC.CC.CC(C)(C)OC(=O)N1C2(C)C=CC1(C)c1ccccc12.CC12C=CC(C)(N1)c1ccccc12.CN1C2(C)CCC1(C)c1ccccc12.Cc1ccc(C)n1C(=O)OC(C)(C)C.Cc1ccccc1[Si](C)(C)C.Cl.[Cs+].[F-].c1cnc(-c2ncccn2)nc1. The molecule has 0 radical (unpaired) electrons. The fourth-order valence-corrected chi connectivity index (χ4v) is 17.1. The molecule has 6 aliphatic rings. The van der Waals surface area contributed by atoms with Gasteiger partial charge in [-0.2, -0.15) is 0 Å². The monoisotopic (exact) mass is 2080 g/mol. The van der Waals surface area contributed by atoms with Gasteiger partial charge >= 0.3 is 81.1 Å². The number of fused-ring (bicyclic) bond motifs is 15. The van der Waals surface area contributed by atoms with Crippen LogP contribution in [0.1, 0.15) is 272 Å². The molecule has 0 aliphatic carbocycles. The van der Waals surface area contributed by atoms with Gasteiger partial charge in [-0.3, -0.25) is 19.7 Å². The predicted octanol–water partition coefficient (Wildman–Crippen LogP) is 22.7. The van der Waals surface area contributed by atoms with Crippen LogP contribution in [0.2, 0.25) is 19.6 Å². The van der Waals surface area contributed by atoms with Gasteiger partial charge in [0.05, 0.1) is 34.7 Å². The maximum atomic E-state index is 12.7. The Kier molecular flexibility index (Phi) is 61.3. The van der Waals surface area contributed by atoms with Gasteiger partial charge in [0, 0.05) is 90.6 Å². The standard InChI is InChI=1S/C17H21NO2.C13H17N.C12H13N.C11H17NO2.C10H16Si.2C8H5BrN4.C8H6N4.8C2H6.2CH4.ClH.Cs.FH/c1-15(2,3)20-14(19)18-16(4)10-11-17(18,5)13-9-7-6-8-12(13)16;1-12-8-9-13(2,14(12)3)11-7-5-4-6-10(11)12;1-11-7-8-12(2,13-11)10-6-4-3-5-9(10)11;1-8-6-7-9(2)12(8)10(13)14-11(3,4)5;1-9-7-5-6-8-10(9)11(2,3)4;9-6-2-5-12-8(13-6)7-10-3-1-4-11-7;9-6-4-12-8(13-5-6)7-10-2-1-3-11-7;1-3-9-7(10-4-1)8-11-5-2-6-12-8;8*1-2;;;;;/h6-11H,1-5H3;4-7H,8-9H2,1-3H3;3-8,13H,1-2H3;6-7H,1-5H3;5-8H,1-4H3;2*1-5H;1-6H;8*1-2H3;2*1H4;1H;;1H/q;;;;;;;;;;;;;;;;;;;+1;/p-1. The van der Waals surface area contributed by atoms with E-state index in [2.05, 4.69) is 286 Å². The number of halogens is 4. The number of nitrogens with one attached hydrogen (secondary N) is 1. The molecule has 26 heteroatoms. The molecule has 17 rings (SSSR count). The van der Waals surface area contributed by atoms with Gasteiger partial charge in [-0.25, -0.2) is 69.4 Å². The summed E-state index contributed by atoms with van der Waals surface area (Å²) in [5.74, 6) is 3.23. The zero-order valence-corrected chi connectivity index (χ0v) is 95.5. The van der Waals surface area contributed by atoms with E-state index < -0.39 is 30.4 Å². The molecule has 6 bridgehead atoms. The molecule has 6 atom stereocenters. The summed E-state index contributed by atoms with van der Waals surface area (Å²) in [7, 11) is 1.19. The van der Waals surface area contributed by atoms with Gasteiger partial charge in [0.15, 0.2) is 34.9 Å². The summed E-state index contributed by atoms with van der Waals surface area (Å²) in [6, 6.07) is 47.1. The van der Waals surface area contributed by atoms with Crippen LogP contribution < -0.4 is 84.1 Å². The van der Waals surface area contributed by atoms with Gasteiger partial charge in [0.2, 0.25) is 0 Å². The van der Waals surface area contributed by atoms with Crippen LogP contribution in [0.15, 0.2) is 241 Å². The Morgan fingerprint density at radius 3 is 1.00 bits per heavy atom. The molecule has 131 heavy (non-hydrogen) atoms. The molecule has 6 aliphatic heterocycles. The molecule has 1 fully saturated rings. The topological polar surface area (TPSA) is 231 Å². The summed E-state index contributed by atoms with van der Waals surface area (Å²) in [6.07, 6.45) is 29.1. The van der Waals surface area contributed by atoms with Crippen molar-refractivity contribution in [2.45, 2.75) is 306 Å². The number of ether oxygens (including phenoxy) is 2. The third-order valence-corrected chi connectivity index (χ3v) is 23.2. The van der Waals surface area contributed by atoms with Crippen LogP contribution >= 0.6 is 44.3 Å². The summed E-state index contributed by atoms with van der Waals surface area (Å²) in [5, 5.41) is 5.22. The molecule has 20 nitrogen and oxygen atoms in total. The number of carbonyl (C=O) groups excluding carboxylic acids is 2. The quantitative estimate of drug-likeness (QED) is 0.0980. The molecule has 11 aromatic rings. The molecule has 4 aromatic carbocycles. The fraction of sp³-hybridized carbons (Fsp3) is 0.448. The minimum atomic E-state index is -1.08. The van der Waals surface area contributed by atoms with E-state index in [0.29, 0.717) is 46.0 Å². The van der Waals surface area contributed by atoms with E-state index in [4.69, 9.17) is 9.47 Å². The maximum absolute atomic E-state index is 12.7. The molecule has 1 amide bonds. The summed E-state index contributed by atoms with van der Waals surface area (Å²) >= 11 is 6.50. The third-order valence-electron chi connectivity index (χ3n) is 20.1. The number of aryl methyl sites for hydroxylation is 3. The Morgan fingerprint density at radius 1 is 0.397 bits per heavy atom. The average Bonchev–Trinajstić information content (AvgIpc) is 1.53. The molecule has 7 aromatic heterocycles. The number of amides is 1. The van der Waals surface area contributed by atoms with Gasteiger partial charge in [0.1, 0.15) is 15.8 Å². The maximum Gasteiger partial charge on any atom is 1.00 e. The Labute approximate surface area is 872 Å². The van der Waals surface area contributed by atoms with E-state index in [1.165, 1.54) is 40.7 Å². The number of carbonyl (C=O) groups is 2. The van der Waals surface area contributed by atoms with E-state index >= 15 is 0 Å². The Hall–Kier alpha value is -7.77. The Balaban J connectivity index is -0.000000687. The number of hydrogen-bond donors (Lipinski definition) is 1. The van der Waals surface area contributed by atoms with Crippen LogP contribution in [-0.2, 0) is 42.7 Å². The van der Waals surface area contributed by atoms with Gasteiger partial charge in [-0.1, -0.05) is 277 Å². The minimum Gasteiger partial charge on any atom is -1.00 e. The van der Waals surface area contributed by atoms with E-state index in [0.717, 1.165) is 20.5 Å². The van der Waals surface area contributed by atoms with Crippen LogP contribution in [0.5, 0.6) is 0 Å². The molecular weight excluding hydrogens is 1920 g/mol. The van der Waals surface area contributed by atoms with E-state index in [1.807, 2.05) is 195 Å². The van der Waals surface area contributed by atoms with E-state index in [-0.39, 0.29) is 124 Å². The molecule has 1 N–H and O–H groups in total. The van der Waals surface area contributed by atoms with Crippen molar-refractivity contribution in [1.82, 2.24) is 79.5 Å². The number of benzene rings is 4. The molecule has 0 spiro atoms. The van der Waals surface area contributed by atoms with Crippen LogP contribution in [0, 0.1) is 20.8 Å². The zero-order chi connectivity index (χ0) is 95.7. The second-order valence-electron chi connectivity index (χ2n) is 31.8. The van der Waals surface area contributed by atoms with Crippen molar-refractivity contribution in [2.24, 2.45) is 0 Å². The second kappa shape index (κ2) is 62.0. The summed E-state index contributed by atoms with van der Waals surface area (Å²) < 4.78 is 14.0. The van der Waals surface area contributed by atoms with Crippen molar-refractivity contribution < 1.29 is 92.7 Å². The van der Waals surface area contributed by atoms with Crippen LogP contribution in [0.3, 0.4) is 0 Å². The van der Waals surface area contributed by atoms with Crippen molar-refractivity contribution >= 4 is 69.7 Å². The first kappa shape index (κ1) is 130. The normalized spacial score (nSPS) is 18.3. The van der Waals surface area contributed by atoms with Crippen molar-refractivity contribution in [3.05, 3.63) is 291 Å². The van der Waals surface area contributed by atoms with Gasteiger partial charge in [-0.15, -0.1) is 12.4 Å². The van der Waals surface area contributed by atoms with Gasteiger partial charge in [-0.05, 0) is 231 Å². The van der Waals surface area contributed by atoms with E-state index in [9.17, 15) is 9.59 Å². The molecule has 13 heterocycles. The van der Waals surface area contributed by atoms with Crippen molar-refractivity contribution in [3.63, 3.8) is 0 Å². The van der Waals surface area contributed by atoms with Crippen molar-refractivity contribution in [2.75, 3.05) is 7.05 Å². The number of aromatic nitrogens is 13. The van der Waals surface area contributed by atoms with Crippen molar-refractivity contribution in [1.29, 1.82) is 0 Å². The van der Waals surface area contributed by atoms with Gasteiger partial charge in [0.25, 0.3) is 0 Å². The van der Waals surface area contributed by atoms with Crippen LogP contribution in [-0.4, -0.2) is 113 Å². The zero-order valence-electron chi connectivity index (χ0n) is 84.2. The summed E-state index contributed by atoms with van der Waals surface area (Å²) in [4.78, 5) is 77.3. The number of rotatable bonds is 4. The Bertz CT molecular complexity index is 4900.